The molecule has 1 unspecified atom stereocenters. The van der Waals surface area contributed by atoms with Crippen molar-refractivity contribution in [3.05, 3.63) is 29.8 Å². The van der Waals surface area contributed by atoms with Crippen molar-refractivity contribution in [2.75, 3.05) is 18.0 Å². The molecule has 110 valence electrons. The molecule has 0 saturated heterocycles. The van der Waals surface area contributed by atoms with Gasteiger partial charge in [-0.05, 0) is 57.2 Å². The van der Waals surface area contributed by atoms with Gasteiger partial charge in [0.15, 0.2) is 0 Å². The van der Waals surface area contributed by atoms with Gasteiger partial charge in [0.2, 0.25) is 0 Å². The molecule has 3 rings (SSSR count). The lowest BCUT2D eigenvalue weighted by atomic mass is 10.1. The van der Waals surface area contributed by atoms with Crippen LogP contribution in [0.15, 0.2) is 24.3 Å². The second-order valence-corrected chi connectivity index (χ2v) is 6.52. The number of nitrogens with zero attached hydrogens (tertiary/aromatic N) is 1. The fraction of sp³-hybridized carbons (Fsp3) is 0.667. The van der Waals surface area contributed by atoms with Crippen LogP contribution >= 0.6 is 0 Å². The van der Waals surface area contributed by atoms with Gasteiger partial charge in [0, 0.05) is 24.3 Å². The van der Waals surface area contributed by atoms with E-state index in [9.17, 15) is 0 Å². The summed E-state index contributed by atoms with van der Waals surface area (Å²) in [5.74, 6) is 0. The van der Waals surface area contributed by atoms with Crippen LogP contribution in [0.2, 0.25) is 0 Å². The van der Waals surface area contributed by atoms with Crippen molar-refractivity contribution >= 4 is 5.69 Å². The minimum atomic E-state index is 0.684. The van der Waals surface area contributed by atoms with Crippen molar-refractivity contribution in [1.82, 2.24) is 5.32 Å². The lowest BCUT2D eigenvalue weighted by molar-refractivity contribution is 0.569. The molecule has 1 heterocycles. The predicted octanol–water partition coefficient (Wildman–Crippen LogP) is 3.75. The molecule has 1 aliphatic carbocycles. The molecule has 1 saturated carbocycles. The minimum absolute atomic E-state index is 0.684. The molecule has 1 atom stereocenters. The molecule has 1 fully saturated rings. The van der Waals surface area contributed by atoms with Gasteiger partial charge in [0.25, 0.3) is 0 Å². The zero-order chi connectivity index (χ0) is 13.8. The van der Waals surface area contributed by atoms with Crippen LogP contribution in [0.3, 0.4) is 0 Å². The Balaban J connectivity index is 1.33. The van der Waals surface area contributed by atoms with Crippen LogP contribution in [-0.2, 0) is 6.42 Å². The fourth-order valence-electron chi connectivity index (χ4n) is 3.32. The van der Waals surface area contributed by atoms with Gasteiger partial charge < -0.3 is 10.2 Å². The third kappa shape index (κ3) is 3.54. The molecule has 0 bridgehead atoms. The monoisotopic (exact) mass is 272 g/mol. The van der Waals surface area contributed by atoms with Crippen LogP contribution in [0, 0.1) is 0 Å². The molecule has 1 N–H and O–H groups in total. The number of anilines is 1. The summed E-state index contributed by atoms with van der Waals surface area (Å²) < 4.78 is 0. The number of unbranched alkanes of at least 4 members (excludes halogenated alkanes) is 3. The van der Waals surface area contributed by atoms with Gasteiger partial charge >= 0.3 is 0 Å². The first kappa shape index (κ1) is 13.9. The Bertz CT molecular complexity index is 425. The van der Waals surface area contributed by atoms with Gasteiger partial charge in [-0.25, -0.2) is 0 Å². The molecule has 1 aliphatic heterocycles. The number of rotatable bonds is 8. The highest BCUT2D eigenvalue weighted by Gasteiger charge is 2.24. The summed E-state index contributed by atoms with van der Waals surface area (Å²) in [7, 11) is 0. The van der Waals surface area contributed by atoms with E-state index in [-0.39, 0.29) is 0 Å². The first-order valence-electron chi connectivity index (χ1n) is 8.42. The molecule has 0 spiro atoms. The van der Waals surface area contributed by atoms with Crippen LogP contribution in [0.5, 0.6) is 0 Å². The van der Waals surface area contributed by atoms with E-state index in [2.05, 4.69) is 41.4 Å². The lowest BCUT2D eigenvalue weighted by Gasteiger charge is -2.24. The Morgan fingerprint density at radius 2 is 1.90 bits per heavy atom. The summed E-state index contributed by atoms with van der Waals surface area (Å²) in [6.07, 6.45) is 9.48. The average molecular weight is 272 g/mol. The zero-order valence-electron chi connectivity index (χ0n) is 12.8. The van der Waals surface area contributed by atoms with Gasteiger partial charge in [-0.3, -0.25) is 0 Å². The Kier molecular flexibility index (Phi) is 4.62. The summed E-state index contributed by atoms with van der Waals surface area (Å²) in [5, 5.41) is 3.60. The number of benzene rings is 1. The Morgan fingerprint density at radius 1 is 1.10 bits per heavy atom. The molecule has 2 heteroatoms. The summed E-state index contributed by atoms with van der Waals surface area (Å²) in [6, 6.07) is 10.5. The predicted molar refractivity (Wildman–Crippen MR) is 86.4 cm³/mol. The maximum atomic E-state index is 3.60. The molecule has 0 amide bonds. The quantitative estimate of drug-likeness (QED) is 0.725. The van der Waals surface area contributed by atoms with Crippen LogP contribution < -0.4 is 10.2 Å². The third-order valence-electron chi connectivity index (χ3n) is 4.68. The number of hydrogen-bond acceptors (Lipinski definition) is 2. The van der Waals surface area contributed by atoms with Crippen molar-refractivity contribution in [3.63, 3.8) is 0 Å². The highest BCUT2D eigenvalue weighted by atomic mass is 15.2. The fourth-order valence-corrected chi connectivity index (χ4v) is 3.32. The second kappa shape index (κ2) is 6.62. The molecule has 0 aromatic heterocycles. The van der Waals surface area contributed by atoms with E-state index < -0.39 is 0 Å². The van der Waals surface area contributed by atoms with Crippen molar-refractivity contribution < 1.29 is 0 Å². The largest absolute Gasteiger partial charge is 0.368 e. The standard InChI is InChI=1S/C18H28N2/c1-15-14-16-8-4-5-9-18(16)20(15)13-7-3-2-6-12-19-17-10-11-17/h4-5,8-9,15,17,19H,2-3,6-7,10-14H2,1H3. The van der Waals surface area contributed by atoms with E-state index in [0.29, 0.717) is 6.04 Å². The van der Waals surface area contributed by atoms with Gasteiger partial charge in [0.1, 0.15) is 0 Å². The maximum Gasteiger partial charge on any atom is 0.0402 e. The number of nitrogens with one attached hydrogen (secondary N) is 1. The minimum Gasteiger partial charge on any atom is -0.368 e. The summed E-state index contributed by atoms with van der Waals surface area (Å²) in [5.41, 5.74) is 3.02. The lowest BCUT2D eigenvalue weighted by Crippen LogP contribution is -2.30. The van der Waals surface area contributed by atoms with Crippen molar-refractivity contribution in [2.24, 2.45) is 0 Å². The summed E-state index contributed by atoms with van der Waals surface area (Å²) in [6.45, 7) is 4.82. The molecule has 1 aromatic rings. The van der Waals surface area contributed by atoms with E-state index in [4.69, 9.17) is 0 Å². The maximum absolute atomic E-state index is 3.60. The van der Waals surface area contributed by atoms with Crippen LogP contribution in [0.1, 0.15) is 51.0 Å². The highest BCUT2D eigenvalue weighted by molar-refractivity contribution is 5.59. The molecule has 20 heavy (non-hydrogen) atoms. The Hall–Kier alpha value is -1.02. The van der Waals surface area contributed by atoms with Gasteiger partial charge in [-0.2, -0.15) is 0 Å². The van der Waals surface area contributed by atoms with Gasteiger partial charge in [0.05, 0.1) is 0 Å². The number of fused-ring (bicyclic) bond motifs is 1. The van der Waals surface area contributed by atoms with E-state index in [1.54, 1.807) is 0 Å². The van der Waals surface area contributed by atoms with E-state index in [1.807, 2.05) is 0 Å². The Morgan fingerprint density at radius 3 is 2.75 bits per heavy atom. The molecule has 0 radical (unpaired) electrons. The molecule has 2 aliphatic rings. The number of para-hydroxylation sites is 1. The van der Waals surface area contributed by atoms with Gasteiger partial charge in [-0.15, -0.1) is 0 Å². The van der Waals surface area contributed by atoms with E-state index in [0.717, 1.165) is 6.04 Å². The van der Waals surface area contributed by atoms with E-state index >= 15 is 0 Å². The topological polar surface area (TPSA) is 15.3 Å². The number of hydrogen-bond donors (Lipinski definition) is 1. The SMILES string of the molecule is CC1Cc2ccccc2N1CCCCCCNC1CC1. The van der Waals surface area contributed by atoms with Gasteiger partial charge in [-0.1, -0.05) is 31.0 Å². The van der Waals surface area contributed by atoms with Crippen LogP contribution in [0.25, 0.3) is 0 Å². The molecule has 2 nitrogen and oxygen atoms in total. The normalized spacial score (nSPS) is 21.2. The first-order valence-corrected chi connectivity index (χ1v) is 8.42. The van der Waals surface area contributed by atoms with Crippen molar-refractivity contribution in [3.8, 4) is 0 Å². The second-order valence-electron chi connectivity index (χ2n) is 6.52. The van der Waals surface area contributed by atoms with Crippen molar-refractivity contribution in [2.45, 2.75) is 64.0 Å². The zero-order valence-corrected chi connectivity index (χ0v) is 12.8. The molecule has 1 aromatic carbocycles. The smallest absolute Gasteiger partial charge is 0.0402 e. The third-order valence-corrected chi connectivity index (χ3v) is 4.68. The summed E-state index contributed by atoms with van der Waals surface area (Å²) >= 11 is 0. The molecular weight excluding hydrogens is 244 g/mol. The first-order chi connectivity index (χ1) is 9.84. The van der Waals surface area contributed by atoms with Crippen molar-refractivity contribution in [1.29, 1.82) is 0 Å². The van der Waals surface area contributed by atoms with Crippen LogP contribution in [-0.4, -0.2) is 25.2 Å². The van der Waals surface area contributed by atoms with E-state index in [1.165, 1.54) is 69.3 Å². The Labute approximate surface area is 123 Å². The summed E-state index contributed by atoms with van der Waals surface area (Å²) in [4.78, 5) is 2.61. The average Bonchev–Trinajstić information content (AvgIpc) is 3.22. The highest BCUT2D eigenvalue weighted by Crippen LogP contribution is 2.31. The van der Waals surface area contributed by atoms with Crippen LogP contribution in [0.4, 0.5) is 5.69 Å². The molecular formula is C18H28N2.